The number of aliphatic hydroxyl groups excluding tert-OH is 3. The van der Waals surface area contributed by atoms with Gasteiger partial charge in [0, 0.05) is 10.6 Å². The first kappa shape index (κ1) is 21.5. The maximum absolute atomic E-state index is 13.9. The summed E-state index contributed by atoms with van der Waals surface area (Å²) in [6.07, 6.45) is 0.990. The topological polar surface area (TPSA) is 126 Å². The maximum Gasteiger partial charge on any atom is 0.167 e. The van der Waals surface area contributed by atoms with E-state index in [0.717, 1.165) is 19.3 Å². The molecule has 0 bridgehead atoms. The molecule has 0 spiro atoms. The predicted molar refractivity (Wildman–Crippen MR) is 116 cm³/mol. The Hall–Kier alpha value is -2.31. The molecule has 2 aromatic heterocycles. The summed E-state index contributed by atoms with van der Waals surface area (Å²) in [7, 11) is 0. The van der Waals surface area contributed by atoms with Gasteiger partial charge < -0.3 is 25.4 Å². The van der Waals surface area contributed by atoms with Crippen molar-refractivity contribution in [2.75, 3.05) is 11.1 Å². The van der Waals surface area contributed by atoms with Crippen LogP contribution >= 0.6 is 11.8 Å². The molecule has 1 aliphatic carbocycles. The van der Waals surface area contributed by atoms with Gasteiger partial charge in [-0.2, -0.15) is 0 Å². The van der Waals surface area contributed by atoms with Gasteiger partial charge in [0.25, 0.3) is 0 Å². The minimum atomic E-state index is -1.21. The fourth-order valence-corrected chi connectivity index (χ4v) is 5.26. The highest BCUT2D eigenvalue weighted by atomic mass is 32.2. The summed E-state index contributed by atoms with van der Waals surface area (Å²) >= 11 is 1.22. The minimum Gasteiger partial charge on any atom is -0.391 e. The number of thioether (sulfide) groups is 1. The number of halogens is 1. The molecule has 170 valence electrons. The third kappa shape index (κ3) is 3.95. The quantitative estimate of drug-likeness (QED) is 0.406. The molecule has 1 saturated heterocycles. The standard InChI is InChI=1S/C21H24FN5O4S/c22-11-4-1-2-7-15(11)32-8-14-17(29)18(30)21(31-14)27-10-25-16-19(23-9-24-20(16)27)26-12-5-3-6-13(12)28/h1-2,4,7,9-10,12-14,17-18,21,28-30H,3,5-6,8H2,(H,23,24,26)/t12?,13?,14-,17-,18-,21?/m1/s1. The average Bonchev–Trinajstić information content (AvgIpc) is 3.47. The Morgan fingerprint density at radius 2 is 1.97 bits per heavy atom. The smallest absolute Gasteiger partial charge is 0.167 e. The Labute approximate surface area is 187 Å². The number of imidazole rings is 1. The Morgan fingerprint density at radius 3 is 2.75 bits per heavy atom. The van der Waals surface area contributed by atoms with E-state index in [1.165, 1.54) is 30.5 Å². The normalized spacial score (nSPS) is 30.2. The number of anilines is 1. The number of nitrogens with one attached hydrogen (secondary N) is 1. The zero-order valence-electron chi connectivity index (χ0n) is 17.1. The number of aromatic nitrogens is 4. The van der Waals surface area contributed by atoms with Crippen LogP contribution in [-0.2, 0) is 4.74 Å². The van der Waals surface area contributed by atoms with Crippen molar-refractivity contribution in [2.24, 2.45) is 0 Å². The highest BCUT2D eigenvalue weighted by molar-refractivity contribution is 7.99. The average molecular weight is 462 g/mol. The van der Waals surface area contributed by atoms with Crippen LogP contribution in [-0.4, -0.2) is 71.0 Å². The van der Waals surface area contributed by atoms with E-state index in [1.54, 1.807) is 22.8 Å². The highest BCUT2D eigenvalue weighted by Crippen LogP contribution is 2.35. The van der Waals surface area contributed by atoms with E-state index in [1.807, 2.05) is 0 Å². The van der Waals surface area contributed by atoms with Gasteiger partial charge in [-0.25, -0.2) is 19.3 Å². The molecule has 11 heteroatoms. The van der Waals surface area contributed by atoms with Crippen molar-refractivity contribution < 1.29 is 24.4 Å². The minimum absolute atomic E-state index is 0.104. The summed E-state index contributed by atoms with van der Waals surface area (Å²) in [6, 6.07) is 6.28. The number of ether oxygens (including phenoxy) is 1. The maximum atomic E-state index is 13.9. The molecule has 0 amide bonds. The van der Waals surface area contributed by atoms with Crippen LogP contribution in [0.25, 0.3) is 11.2 Å². The first-order chi connectivity index (χ1) is 15.5. The summed E-state index contributed by atoms with van der Waals surface area (Å²) in [5, 5.41) is 34.5. The molecular formula is C21H24FN5O4S. The van der Waals surface area contributed by atoms with Crippen molar-refractivity contribution in [1.29, 1.82) is 0 Å². The first-order valence-electron chi connectivity index (χ1n) is 10.5. The van der Waals surface area contributed by atoms with E-state index >= 15 is 0 Å². The van der Waals surface area contributed by atoms with E-state index in [4.69, 9.17) is 4.74 Å². The summed E-state index contributed by atoms with van der Waals surface area (Å²) in [4.78, 5) is 13.4. The fraction of sp³-hybridized carbons (Fsp3) is 0.476. The van der Waals surface area contributed by atoms with Crippen LogP contribution in [0.4, 0.5) is 10.2 Å². The van der Waals surface area contributed by atoms with E-state index < -0.39 is 30.6 Å². The van der Waals surface area contributed by atoms with Gasteiger partial charge in [-0.1, -0.05) is 12.1 Å². The van der Waals surface area contributed by atoms with Crippen molar-refractivity contribution in [1.82, 2.24) is 19.5 Å². The lowest BCUT2D eigenvalue weighted by atomic mass is 10.1. The van der Waals surface area contributed by atoms with Crippen molar-refractivity contribution in [3.05, 3.63) is 42.7 Å². The van der Waals surface area contributed by atoms with E-state index in [2.05, 4.69) is 20.3 Å². The Morgan fingerprint density at radius 1 is 1.12 bits per heavy atom. The van der Waals surface area contributed by atoms with Crippen LogP contribution in [0.1, 0.15) is 25.5 Å². The first-order valence-corrected chi connectivity index (χ1v) is 11.5. The molecule has 1 saturated carbocycles. The highest BCUT2D eigenvalue weighted by Gasteiger charge is 2.44. The van der Waals surface area contributed by atoms with Crippen molar-refractivity contribution in [3.8, 4) is 0 Å². The summed E-state index contributed by atoms with van der Waals surface area (Å²) in [5.74, 6) is 0.426. The van der Waals surface area contributed by atoms with Gasteiger partial charge >= 0.3 is 0 Å². The SMILES string of the molecule is OC1CCCC1Nc1ncnc2c1ncn2C1O[C@H](CSc2ccccc2F)[C@@H](O)[C@H]1O. The fourth-order valence-electron chi connectivity index (χ4n) is 4.26. The number of nitrogens with zero attached hydrogens (tertiary/aromatic N) is 4. The molecule has 5 rings (SSSR count). The molecule has 32 heavy (non-hydrogen) atoms. The van der Waals surface area contributed by atoms with Gasteiger partial charge in [-0.05, 0) is 31.4 Å². The van der Waals surface area contributed by atoms with Gasteiger partial charge in [0.1, 0.15) is 24.4 Å². The van der Waals surface area contributed by atoms with Crippen LogP contribution in [0, 0.1) is 5.82 Å². The number of hydrogen-bond donors (Lipinski definition) is 4. The van der Waals surface area contributed by atoms with E-state index in [9.17, 15) is 19.7 Å². The molecule has 1 aromatic carbocycles. The zero-order valence-corrected chi connectivity index (χ0v) is 17.9. The Balaban J connectivity index is 1.34. The number of benzene rings is 1. The molecule has 4 N–H and O–H groups in total. The van der Waals surface area contributed by atoms with Crippen molar-refractivity contribution in [3.63, 3.8) is 0 Å². The summed E-state index contributed by atoms with van der Waals surface area (Å²) in [6.45, 7) is 0. The molecule has 3 heterocycles. The lowest BCUT2D eigenvalue weighted by Crippen LogP contribution is -2.32. The van der Waals surface area contributed by atoms with Gasteiger partial charge in [0.15, 0.2) is 23.2 Å². The molecule has 2 aliphatic rings. The van der Waals surface area contributed by atoms with Gasteiger partial charge in [-0.15, -0.1) is 11.8 Å². The zero-order chi connectivity index (χ0) is 22.2. The second-order valence-corrected chi connectivity index (χ2v) is 9.14. The lowest BCUT2D eigenvalue weighted by Gasteiger charge is -2.18. The monoisotopic (exact) mass is 461 g/mol. The second kappa shape index (κ2) is 8.91. The molecular weight excluding hydrogens is 437 g/mol. The van der Waals surface area contributed by atoms with E-state index in [-0.39, 0.29) is 17.6 Å². The lowest BCUT2D eigenvalue weighted by molar-refractivity contribution is -0.0289. The second-order valence-electron chi connectivity index (χ2n) is 8.08. The van der Waals surface area contributed by atoms with Crippen molar-refractivity contribution in [2.45, 2.75) is 60.8 Å². The number of fused-ring (bicyclic) bond motifs is 1. The van der Waals surface area contributed by atoms with Gasteiger partial charge in [0.2, 0.25) is 0 Å². The van der Waals surface area contributed by atoms with Crippen LogP contribution in [0.5, 0.6) is 0 Å². The molecule has 3 aromatic rings. The predicted octanol–water partition coefficient (Wildman–Crippen LogP) is 1.70. The summed E-state index contributed by atoms with van der Waals surface area (Å²) < 4.78 is 21.4. The molecule has 3 unspecified atom stereocenters. The molecule has 6 atom stereocenters. The molecule has 9 nitrogen and oxygen atoms in total. The van der Waals surface area contributed by atoms with Crippen LogP contribution in [0.15, 0.2) is 41.8 Å². The number of hydrogen-bond acceptors (Lipinski definition) is 9. The third-order valence-electron chi connectivity index (χ3n) is 6.01. The van der Waals surface area contributed by atoms with Gasteiger partial charge in [-0.3, -0.25) is 4.57 Å². The van der Waals surface area contributed by atoms with Crippen LogP contribution in [0.2, 0.25) is 0 Å². The Bertz CT molecular complexity index is 1100. The molecule has 1 aliphatic heterocycles. The largest absolute Gasteiger partial charge is 0.391 e. The molecule has 2 fully saturated rings. The third-order valence-corrected chi connectivity index (χ3v) is 7.15. The summed E-state index contributed by atoms with van der Waals surface area (Å²) in [5.41, 5.74) is 0.926. The van der Waals surface area contributed by atoms with E-state index in [0.29, 0.717) is 21.9 Å². The Kier molecular flexibility index (Phi) is 5.99. The van der Waals surface area contributed by atoms with Gasteiger partial charge in [0.05, 0.1) is 24.6 Å². The van der Waals surface area contributed by atoms with Crippen LogP contribution < -0.4 is 5.32 Å². The number of aliphatic hydroxyl groups is 3. The molecule has 0 radical (unpaired) electrons. The number of rotatable bonds is 6. The van der Waals surface area contributed by atoms with Crippen molar-refractivity contribution >= 4 is 28.7 Å². The van der Waals surface area contributed by atoms with Crippen LogP contribution in [0.3, 0.4) is 0 Å².